The van der Waals surface area contributed by atoms with Gasteiger partial charge in [-0.1, -0.05) is 12.1 Å². The Morgan fingerprint density at radius 2 is 1.73 bits per heavy atom. The predicted octanol–water partition coefficient (Wildman–Crippen LogP) is 2.13. The third-order valence-electron chi connectivity index (χ3n) is 1.60. The molecule has 0 aliphatic rings. The van der Waals surface area contributed by atoms with Gasteiger partial charge in [-0.3, -0.25) is 0 Å². The van der Waals surface area contributed by atoms with E-state index in [0.717, 1.165) is 0 Å². The number of rotatable bonds is 1. The van der Waals surface area contributed by atoms with E-state index in [4.69, 9.17) is 15.3 Å². The second-order valence-corrected chi connectivity index (χ2v) is 2.80. The number of allylic oxidation sites excluding steroid dienone is 1. The molecule has 0 heterocycles. The Labute approximate surface area is 88.1 Å². The van der Waals surface area contributed by atoms with Gasteiger partial charge in [-0.15, -0.1) is 0 Å². The maximum Gasteiger partial charge on any atom is 0.330 e. The summed E-state index contributed by atoms with van der Waals surface area (Å²) >= 11 is 0. The lowest BCUT2D eigenvalue weighted by molar-refractivity contribution is -0.132. The van der Waals surface area contributed by atoms with Crippen molar-refractivity contribution in [1.29, 1.82) is 0 Å². The van der Waals surface area contributed by atoms with Crippen molar-refractivity contribution in [1.82, 2.24) is 0 Å². The maximum absolute atomic E-state index is 9.86. The molecule has 0 spiro atoms. The Bertz CT molecular complexity index is 338. The highest BCUT2D eigenvalue weighted by Crippen LogP contribution is 2.14. The minimum absolute atomic E-state index is 0.0880. The average molecular weight is 210 g/mol. The van der Waals surface area contributed by atoms with Gasteiger partial charge in [0.25, 0.3) is 0 Å². The molecule has 0 aliphatic heterocycles. The predicted molar refractivity (Wildman–Crippen MR) is 56.8 cm³/mol. The summed E-state index contributed by atoms with van der Waals surface area (Å²) in [4.78, 5) is 9.86. The zero-order valence-corrected chi connectivity index (χ0v) is 8.64. The highest BCUT2D eigenvalue weighted by atomic mass is 16.4. The molecule has 3 N–H and O–H groups in total. The number of phenolic OH excluding ortho intramolecular Hbond substituents is 2. The largest absolute Gasteiger partial charge is 0.508 e. The van der Waals surface area contributed by atoms with Crippen LogP contribution in [0.1, 0.15) is 13.8 Å². The molecule has 4 heteroatoms. The Morgan fingerprint density at radius 3 is 1.87 bits per heavy atom. The zero-order chi connectivity index (χ0) is 11.8. The van der Waals surface area contributed by atoms with Crippen LogP contribution < -0.4 is 0 Å². The summed E-state index contributed by atoms with van der Waals surface area (Å²) in [5.41, 5.74) is 0.389. The maximum atomic E-state index is 9.86. The number of hydrogen-bond acceptors (Lipinski definition) is 3. The number of phenols is 2. The first-order valence-electron chi connectivity index (χ1n) is 4.31. The zero-order valence-electron chi connectivity index (χ0n) is 8.64. The Morgan fingerprint density at radius 1 is 1.27 bits per heavy atom. The topological polar surface area (TPSA) is 77.8 Å². The number of carboxylic acids is 1. The van der Waals surface area contributed by atoms with Crippen LogP contribution in [0.5, 0.6) is 11.5 Å². The van der Waals surface area contributed by atoms with Gasteiger partial charge in [0.15, 0.2) is 0 Å². The first-order valence-corrected chi connectivity index (χ1v) is 4.31. The van der Waals surface area contributed by atoms with Gasteiger partial charge in [0.2, 0.25) is 0 Å². The standard InChI is InChI=1S/C6H6O2.C5H8O2/c7-5-2-1-3-6(8)4-5;1-3-4(2)5(6)7/h1-4,7-8H;3H,1-2H3,(H,6,7). The lowest BCUT2D eigenvalue weighted by Crippen LogP contribution is -1.93. The summed E-state index contributed by atoms with van der Waals surface area (Å²) < 4.78 is 0. The van der Waals surface area contributed by atoms with Gasteiger partial charge in [-0.2, -0.15) is 0 Å². The van der Waals surface area contributed by atoms with E-state index >= 15 is 0 Å². The number of aromatic hydroxyl groups is 2. The van der Waals surface area contributed by atoms with E-state index < -0.39 is 5.97 Å². The summed E-state index contributed by atoms with van der Waals surface area (Å²) in [7, 11) is 0. The van der Waals surface area contributed by atoms with Crippen molar-refractivity contribution < 1.29 is 20.1 Å². The second-order valence-electron chi connectivity index (χ2n) is 2.80. The Kier molecular flexibility index (Phi) is 5.63. The second kappa shape index (κ2) is 6.48. The summed E-state index contributed by atoms with van der Waals surface area (Å²) in [6.45, 7) is 3.26. The van der Waals surface area contributed by atoms with E-state index in [1.165, 1.54) is 18.2 Å². The summed E-state index contributed by atoms with van der Waals surface area (Å²) in [5, 5.41) is 25.4. The van der Waals surface area contributed by atoms with E-state index in [2.05, 4.69) is 0 Å². The molecule has 0 bridgehead atoms. The van der Waals surface area contributed by atoms with Crippen LogP contribution in [0.2, 0.25) is 0 Å². The van der Waals surface area contributed by atoms with Crippen LogP contribution >= 0.6 is 0 Å². The number of hydrogen-bond donors (Lipinski definition) is 3. The molecule has 0 fully saturated rings. The lowest BCUT2D eigenvalue weighted by Gasteiger charge is -1.89. The van der Waals surface area contributed by atoms with Crippen LogP contribution in [0.3, 0.4) is 0 Å². The molecule has 0 unspecified atom stereocenters. The summed E-state index contributed by atoms with van der Waals surface area (Å²) in [5.74, 6) is -0.669. The molecule has 1 rings (SSSR count). The first-order chi connectivity index (χ1) is 6.97. The molecule has 0 saturated heterocycles. The third-order valence-corrected chi connectivity index (χ3v) is 1.60. The van der Waals surface area contributed by atoms with E-state index in [0.29, 0.717) is 5.57 Å². The molecule has 0 radical (unpaired) electrons. The van der Waals surface area contributed by atoms with Crippen LogP contribution in [0.15, 0.2) is 35.9 Å². The van der Waals surface area contributed by atoms with Crippen molar-refractivity contribution in [2.75, 3.05) is 0 Å². The normalized spacial score (nSPS) is 10.1. The van der Waals surface area contributed by atoms with Crippen molar-refractivity contribution in [2.45, 2.75) is 13.8 Å². The van der Waals surface area contributed by atoms with Crippen LogP contribution in [0.25, 0.3) is 0 Å². The van der Waals surface area contributed by atoms with Gasteiger partial charge in [-0.25, -0.2) is 4.79 Å². The molecule has 0 amide bonds. The van der Waals surface area contributed by atoms with Crippen molar-refractivity contribution in [3.05, 3.63) is 35.9 Å². The smallest absolute Gasteiger partial charge is 0.330 e. The van der Waals surface area contributed by atoms with Gasteiger partial charge in [0.1, 0.15) is 11.5 Å². The summed E-state index contributed by atoms with van der Waals surface area (Å²) in [6, 6.07) is 5.85. The fraction of sp³-hybridized carbons (Fsp3) is 0.182. The summed E-state index contributed by atoms with van der Waals surface area (Å²) in [6.07, 6.45) is 1.56. The molecule has 0 aromatic heterocycles. The van der Waals surface area contributed by atoms with E-state index in [-0.39, 0.29) is 11.5 Å². The molecule has 1 aromatic carbocycles. The van der Waals surface area contributed by atoms with Gasteiger partial charge in [0.05, 0.1) is 0 Å². The van der Waals surface area contributed by atoms with Gasteiger partial charge in [-0.05, 0) is 26.0 Å². The number of carboxylic acid groups (broad SMARTS) is 1. The first kappa shape index (κ1) is 13.0. The van der Waals surface area contributed by atoms with E-state index in [9.17, 15) is 4.79 Å². The highest BCUT2D eigenvalue weighted by molar-refractivity contribution is 5.85. The minimum atomic E-state index is -0.845. The van der Waals surface area contributed by atoms with Crippen LogP contribution in [0, 0.1) is 0 Å². The average Bonchev–Trinajstić information content (AvgIpc) is 2.17. The third kappa shape index (κ3) is 6.15. The molecule has 15 heavy (non-hydrogen) atoms. The molecule has 0 aliphatic carbocycles. The highest BCUT2D eigenvalue weighted by Gasteiger charge is 1.93. The van der Waals surface area contributed by atoms with Crippen LogP contribution in [-0.2, 0) is 4.79 Å². The van der Waals surface area contributed by atoms with Crippen molar-refractivity contribution in [2.24, 2.45) is 0 Å². The van der Waals surface area contributed by atoms with Crippen LogP contribution in [-0.4, -0.2) is 21.3 Å². The number of carbonyl (C=O) groups is 1. The SMILES string of the molecule is CC=C(C)C(=O)O.Oc1cccc(O)c1. The lowest BCUT2D eigenvalue weighted by atomic mass is 10.3. The van der Waals surface area contributed by atoms with Gasteiger partial charge in [0, 0.05) is 11.6 Å². The van der Waals surface area contributed by atoms with Crippen LogP contribution in [0.4, 0.5) is 0 Å². The van der Waals surface area contributed by atoms with E-state index in [1.54, 1.807) is 26.0 Å². The monoisotopic (exact) mass is 210 g/mol. The molecule has 0 saturated carbocycles. The molecule has 1 aromatic rings. The van der Waals surface area contributed by atoms with Crippen molar-refractivity contribution >= 4 is 5.97 Å². The van der Waals surface area contributed by atoms with Gasteiger partial charge < -0.3 is 15.3 Å². The molecule has 82 valence electrons. The quantitative estimate of drug-likeness (QED) is 0.620. The molecule has 0 atom stereocenters. The Hall–Kier alpha value is -1.97. The molecular weight excluding hydrogens is 196 g/mol. The van der Waals surface area contributed by atoms with Crippen molar-refractivity contribution in [3.63, 3.8) is 0 Å². The van der Waals surface area contributed by atoms with Gasteiger partial charge >= 0.3 is 5.97 Å². The Balaban J connectivity index is 0.000000265. The molecular formula is C11H14O4. The number of aliphatic carboxylic acids is 1. The van der Waals surface area contributed by atoms with Crippen molar-refractivity contribution in [3.8, 4) is 11.5 Å². The number of benzene rings is 1. The fourth-order valence-corrected chi connectivity index (χ4v) is 0.617. The minimum Gasteiger partial charge on any atom is -0.508 e. The fourth-order valence-electron chi connectivity index (χ4n) is 0.617. The molecule has 4 nitrogen and oxygen atoms in total. The van der Waals surface area contributed by atoms with E-state index in [1.807, 2.05) is 0 Å².